The molecule has 0 aliphatic heterocycles. The van der Waals surface area contributed by atoms with E-state index in [1.54, 1.807) is 18.2 Å². The monoisotopic (exact) mass is 134 g/mol. The fourth-order valence-electron chi connectivity index (χ4n) is 0.677. The van der Waals surface area contributed by atoms with Crippen LogP contribution in [0.4, 0.5) is 4.39 Å². The van der Waals surface area contributed by atoms with Gasteiger partial charge in [0.25, 0.3) is 0 Å². The van der Waals surface area contributed by atoms with E-state index >= 15 is 0 Å². The molecule has 1 aromatic rings. The van der Waals surface area contributed by atoms with Crippen LogP contribution in [-0.4, -0.2) is 0 Å². The highest BCUT2D eigenvalue weighted by Gasteiger charge is 1.86. The Kier molecular flexibility index (Phi) is 2.03. The van der Waals surface area contributed by atoms with E-state index in [2.05, 4.69) is 12.3 Å². The van der Waals surface area contributed by atoms with E-state index < -0.39 is 0 Å². The van der Waals surface area contributed by atoms with Crippen molar-refractivity contribution in [3.63, 3.8) is 0 Å². The molecule has 0 saturated carbocycles. The number of hydrogen-bond donors (Lipinski definition) is 0. The van der Waals surface area contributed by atoms with E-state index in [-0.39, 0.29) is 5.82 Å². The lowest BCUT2D eigenvalue weighted by molar-refractivity contribution is 0.628. The van der Waals surface area contributed by atoms with Gasteiger partial charge in [0.1, 0.15) is 5.82 Å². The van der Waals surface area contributed by atoms with Gasteiger partial charge < -0.3 is 0 Å². The highest BCUT2D eigenvalue weighted by Crippen LogP contribution is 2.02. The van der Waals surface area contributed by atoms with Gasteiger partial charge in [-0.05, 0) is 23.8 Å². The zero-order valence-corrected chi connectivity index (χ0v) is 5.47. The zero-order chi connectivity index (χ0) is 7.40. The molecular weight excluding hydrogens is 127 g/mol. The first-order chi connectivity index (χ1) is 4.83. The Labute approximate surface area is 59.3 Å². The van der Waals surface area contributed by atoms with Gasteiger partial charge in [-0.2, -0.15) is 0 Å². The Morgan fingerprint density at radius 2 is 1.90 bits per heavy atom. The molecule has 0 fully saturated rings. The van der Waals surface area contributed by atoms with Gasteiger partial charge in [-0.15, -0.1) is 5.73 Å². The fourth-order valence-corrected chi connectivity index (χ4v) is 0.677. The summed E-state index contributed by atoms with van der Waals surface area (Å²) in [5.74, 6) is -0.221. The lowest BCUT2D eigenvalue weighted by Crippen LogP contribution is -1.72. The molecule has 0 unspecified atom stereocenters. The minimum atomic E-state index is -0.221. The van der Waals surface area contributed by atoms with Crippen LogP contribution in [0.15, 0.2) is 36.6 Å². The van der Waals surface area contributed by atoms with E-state index in [0.29, 0.717) is 0 Å². The largest absolute Gasteiger partial charge is 0.207 e. The van der Waals surface area contributed by atoms with Crippen molar-refractivity contribution in [3.8, 4) is 0 Å². The number of benzene rings is 1. The van der Waals surface area contributed by atoms with Crippen molar-refractivity contribution in [1.29, 1.82) is 0 Å². The van der Waals surface area contributed by atoms with Crippen molar-refractivity contribution in [2.75, 3.05) is 0 Å². The van der Waals surface area contributed by atoms with Gasteiger partial charge in [0.05, 0.1) is 0 Å². The van der Waals surface area contributed by atoms with Gasteiger partial charge in [-0.25, -0.2) is 4.39 Å². The maximum absolute atomic E-state index is 12.3. The molecule has 0 N–H and O–H groups in total. The molecule has 0 aliphatic carbocycles. The summed E-state index contributed by atoms with van der Waals surface area (Å²) in [7, 11) is 0. The van der Waals surface area contributed by atoms with Crippen LogP contribution < -0.4 is 0 Å². The van der Waals surface area contributed by atoms with Crippen molar-refractivity contribution in [2.45, 2.75) is 0 Å². The van der Waals surface area contributed by atoms with Crippen LogP contribution in [0, 0.1) is 5.82 Å². The fraction of sp³-hybridized carbons (Fsp3) is 0. The first-order valence-electron chi connectivity index (χ1n) is 2.94. The van der Waals surface area contributed by atoms with Crippen molar-refractivity contribution < 1.29 is 4.39 Å². The molecule has 0 heterocycles. The minimum absolute atomic E-state index is 0.221. The second kappa shape index (κ2) is 3.00. The molecule has 50 valence electrons. The first-order valence-corrected chi connectivity index (χ1v) is 2.94. The molecule has 0 aliphatic rings. The van der Waals surface area contributed by atoms with Crippen molar-refractivity contribution in [3.05, 3.63) is 48.0 Å². The predicted molar refractivity (Wildman–Crippen MR) is 40.0 cm³/mol. The van der Waals surface area contributed by atoms with E-state index in [1.807, 2.05) is 0 Å². The molecule has 1 rings (SSSR count). The molecule has 0 spiro atoms. The standard InChI is InChI=1S/C9H7F/c1-2-3-8-4-6-9(10)7-5-8/h3-7H,1H2. The van der Waals surface area contributed by atoms with Crippen LogP contribution >= 0.6 is 0 Å². The number of hydrogen-bond acceptors (Lipinski definition) is 0. The maximum Gasteiger partial charge on any atom is 0.123 e. The van der Waals surface area contributed by atoms with Gasteiger partial charge >= 0.3 is 0 Å². The molecule has 0 nitrogen and oxygen atoms in total. The van der Waals surface area contributed by atoms with Crippen molar-refractivity contribution in [2.24, 2.45) is 0 Å². The van der Waals surface area contributed by atoms with Crippen LogP contribution in [0.25, 0.3) is 6.08 Å². The maximum atomic E-state index is 12.3. The third-order valence-electron chi connectivity index (χ3n) is 1.14. The number of rotatable bonds is 1. The average molecular weight is 134 g/mol. The van der Waals surface area contributed by atoms with E-state index in [1.165, 1.54) is 12.1 Å². The SMILES string of the molecule is C=C=Cc1ccc(F)cc1. The molecule has 1 heteroatoms. The Bertz CT molecular complexity index is 253. The summed E-state index contributed by atoms with van der Waals surface area (Å²) in [6, 6.07) is 6.16. The van der Waals surface area contributed by atoms with E-state index in [0.717, 1.165) is 5.56 Å². The molecule has 0 aromatic heterocycles. The van der Waals surface area contributed by atoms with Crippen LogP contribution in [0.3, 0.4) is 0 Å². The summed E-state index contributed by atoms with van der Waals surface area (Å²) >= 11 is 0. The molecule has 0 amide bonds. The summed E-state index contributed by atoms with van der Waals surface area (Å²) < 4.78 is 12.3. The van der Waals surface area contributed by atoms with Crippen LogP contribution in [0.1, 0.15) is 5.56 Å². The Hall–Kier alpha value is -1.33. The summed E-state index contributed by atoms with van der Waals surface area (Å²) in [4.78, 5) is 0. The lowest BCUT2D eigenvalue weighted by atomic mass is 10.2. The Balaban J connectivity index is 3.00. The van der Waals surface area contributed by atoms with Gasteiger partial charge in [0, 0.05) is 0 Å². The third-order valence-corrected chi connectivity index (χ3v) is 1.14. The Morgan fingerprint density at radius 3 is 2.40 bits per heavy atom. The average Bonchev–Trinajstić information content (AvgIpc) is 1.95. The topological polar surface area (TPSA) is 0 Å². The molecule has 0 radical (unpaired) electrons. The third kappa shape index (κ3) is 1.57. The molecule has 0 atom stereocenters. The van der Waals surface area contributed by atoms with Crippen molar-refractivity contribution in [1.82, 2.24) is 0 Å². The van der Waals surface area contributed by atoms with Crippen LogP contribution in [0.2, 0.25) is 0 Å². The first kappa shape index (κ1) is 6.79. The second-order valence-corrected chi connectivity index (χ2v) is 1.90. The molecule has 10 heavy (non-hydrogen) atoms. The summed E-state index contributed by atoms with van der Waals surface area (Å²) in [5.41, 5.74) is 3.52. The van der Waals surface area contributed by atoms with Crippen LogP contribution in [-0.2, 0) is 0 Å². The second-order valence-electron chi connectivity index (χ2n) is 1.90. The quantitative estimate of drug-likeness (QED) is 0.518. The van der Waals surface area contributed by atoms with Gasteiger partial charge in [-0.3, -0.25) is 0 Å². The van der Waals surface area contributed by atoms with Gasteiger partial charge in [0.15, 0.2) is 0 Å². The van der Waals surface area contributed by atoms with E-state index in [4.69, 9.17) is 0 Å². The number of halogens is 1. The van der Waals surface area contributed by atoms with Gasteiger partial charge in [0.2, 0.25) is 0 Å². The summed E-state index contributed by atoms with van der Waals surface area (Å²) in [6.45, 7) is 3.40. The lowest BCUT2D eigenvalue weighted by Gasteiger charge is -1.88. The molecule has 0 saturated heterocycles. The molecule has 0 bridgehead atoms. The predicted octanol–water partition coefficient (Wildman–Crippen LogP) is 2.62. The molecule has 1 aromatic carbocycles. The van der Waals surface area contributed by atoms with Crippen LogP contribution in [0.5, 0.6) is 0 Å². The van der Waals surface area contributed by atoms with Crippen molar-refractivity contribution >= 4 is 6.08 Å². The highest BCUT2D eigenvalue weighted by atomic mass is 19.1. The zero-order valence-electron chi connectivity index (χ0n) is 5.47. The normalized spacial score (nSPS) is 8.50. The molecular formula is C9H7F. The highest BCUT2D eigenvalue weighted by molar-refractivity contribution is 5.47. The Morgan fingerprint density at radius 1 is 1.30 bits per heavy atom. The van der Waals surface area contributed by atoms with Gasteiger partial charge in [-0.1, -0.05) is 18.7 Å². The van der Waals surface area contributed by atoms with E-state index in [9.17, 15) is 4.39 Å². The summed E-state index contributed by atoms with van der Waals surface area (Å²) in [5, 5.41) is 0. The smallest absolute Gasteiger partial charge is 0.123 e. The minimum Gasteiger partial charge on any atom is -0.207 e. The summed E-state index contributed by atoms with van der Waals surface area (Å²) in [6.07, 6.45) is 1.69.